The van der Waals surface area contributed by atoms with E-state index in [0.717, 1.165) is 4.90 Å². The zero-order valence-electron chi connectivity index (χ0n) is 17.2. The maximum Gasteiger partial charge on any atom is 0.332 e. The molecule has 3 fully saturated rings. The molecule has 3 aliphatic rings. The molecule has 0 saturated carbocycles. The molecule has 162 valence electrons. The maximum absolute atomic E-state index is 13.4. The number of hydrogen-bond acceptors (Lipinski definition) is 7. The van der Waals surface area contributed by atoms with Gasteiger partial charge in [-0.1, -0.05) is 0 Å². The number of aromatic nitrogens is 1. The number of hydrogen-bond donors (Lipinski definition) is 0. The van der Waals surface area contributed by atoms with E-state index in [4.69, 9.17) is 0 Å². The van der Waals surface area contributed by atoms with Gasteiger partial charge in [0.15, 0.2) is 0 Å². The lowest BCUT2D eigenvalue weighted by atomic mass is 10.1. The van der Waals surface area contributed by atoms with Crippen LogP contribution in [0.2, 0.25) is 0 Å². The summed E-state index contributed by atoms with van der Waals surface area (Å²) in [4.78, 5) is 59.4. The first kappa shape index (κ1) is 19.9. The Morgan fingerprint density at radius 2 is 2.06 bits per heavy atom. The number of benzene rings is 1. The van der Waals surface area contributed by atoms with E-state index in [0.29, 0.717) is 35.1 Å². The second-order valence-corrected chi connectivity index (χ2v) is 8.03. The molecular formula is C22H19N5O5. The minimum atomic E-state index is -0.759. The number of likely N-dealkylation sites (tertiary alicyclic amines) is 1. The second-order valence-electron chi connectivity index (χ2n) is 8.03. The summed E-state index contributed by atoms with van der Waals surface area (Å²) in [5.74, 6) is -1.10. The molecule has 0 aliphatic carbocycles. The summed E-state index contributed by atoms with van der Waals surface area (Å²) < 4.78 is 4.59. The highest BCUT2D eigenvalue weighted by molar-refractivity contribution is 6.25. The van der Waals surface area contributed by atoms with Crippen LogP contribution in [-0.4, -0.2) is 70.4 Å². The number of esters is 1. The Balaban J connectivity index is 1.45. The summed E-state index contributed by atoms with van der Waals surface area (Å²) in [7, 11) is 1.27. The molecule has 4 amide bonds. The summed E-state index contributed by atoms with van der Waals surface area (Å²) in [6.45, 7) is 0.337. The van der Waals surface area contributed by atoms with Crippen LogP contribution in [0.25, 0.3) is 10.9 Å². The van der Waals surface area contributed by atoms with Gasteiger partial charge in [0.1, 0.15) is 12.1 Å². The van der Waals surface area contributed by atoms with Crippen LogP contribution < -0.4 is 4.90 Å². The van der Waals surface area contributed by atoms with Crippen molar-refractivity contribution < 1.29 is 23.9 Å². The quantitative estimate of drug-likeness (QED) is 0.524. The molecule has 5 rings (SSSR count). The SMILES string of the molecule is COC(=O)CCC(=O)N1CC2CC1C1C(=O)N(c3ccc(C#N)c4ncccc34)C(=O)N21. The number of nitriles is 1. The first-order valence-corrected chi connectivity index (χ1v) is 10.3. The van der Waals surface area contributed by atoms with Crippen LogP contribution >= 0.6 is 0 Å². The molecule has 10 heteroatoms. The molecule has 3 saturated heterocycles. The largest absolute Gasteiger partial charge is 0.469 e. The summed E-state index contributed by atoms with van der Waals surface area (Å²) in [5.41, 5.74) is 1.15. The van der Waals surface area contributed by atoms with Crippen molar-refractivity contribution in [1.82, 2.24) is 14.8 Å². The van der Waals surface area contributed by atoms with Crippen LogP contribution in [0.1, 0.15) is 24.8 Å². The van der Waals surface area contributed by atoms with Crippen LogP contribution in [0.4, 0.5) is 10.5 Å². The molecule has 10 nitrogen and oxygen atoms in total. The van der Waals surface area contributed by atoms with Gasteiger partial charge < -0.3 is 14.5 Å². The Hall–Kier alpha value is -4.00. The molecule has 4 heterocycles. The topological polar surface area (TPSA) is 124 Å². The minimum absolute atomic E-state index is 0.000390. The third-order valence-corrected chi connectivity index (χ3v) is 6.46. The number of rotatable bonds is 4. The van der Waals surface area contributed by atoms with Crippen LogP contribution in [0.5, 0.6) is 0 Å². The van der Waals surface area contributed by atoms with E-state index < -0.39 is 30.0 Å². The van der Waals surface area contributed by atoms with Gasteiger partial charge in [-0.2, -0.15) is 5.26 Å². The Kier molecular flexibility index (Phi) is 4.55. The average Bonchev–Trinajstić information content (AvgIpc) is 3.48. The smallest absolute Gasteiger partial charge is 0.332 e. The molecule has 0 N–H and O–H groups in total. The molecule has 3 unspecified atom stereocenters. The Bertz CT molecular complexity index is 1220. The third kappa shape index (κ3) is 2.74. The van der Waals surface area contributed by atoms with Gasteiger partial charge in [-0.25, -0.2) is 9.69 Å². The van der Waals surface area contributed by atoms with Gasteiger partial charge in [0.2, 0.25) is 5.91 Å². The molecule has 0 spiro atoms. The number of nitrogens with zero attached hydrogens (tertiary/aromatic N) is 5. The molecular weight excluding hydrogens is 414 g/mol. The van der Waals surface area contributed by atoms with E-state index >= 15 is 0 Å². The standard InChI is InChI=1S/C22H19N5O5/c1-32-18(29)7-6-17(28)25-11-13-9-16(25)20-21(30)27(22(31)26(13)20)15-5-4-12(10-23)19-14(15)3-2-8-24-19/h2-5,8,13,16,20H,6-7,9,11H2,1H3. The molecule has 2 bridgehead atoms. The van der Waals surface area contributed by atoms with Gasteiger partial charge in [-0.15, -0.1) is 0 Å². The zero-order chi connectivity index (χ0) is 22.6. The van der Waals surface area contributed by atoms with Crippen LogP contribution in [0, 0.1) is 11.3 Å². The molecule has 1 aromatic carbocycles. The first-order valence-electron chi connectivity index (χ1n) is 10.3. The van der Waals surface area contributed by atoms with Crippen molar-refractivity contribution in [2.24, 2.45) is 0 Å². The summed E-state index contributed by atoms with van der Waals surface area (Å²) in [6.07, 6.45) is 2.06. The highest BCUT2D eigenvalue weighted by atomic mass is 16.5. The molecule has 3 aliphatic heterocycles. The van der Waals surface area contributed by atoms with Gasteiger partial charge in [-0.3, -0.25) is 19.4 Å². The lowest BCUT2D eigenvalue weighted by Gasteiger charge is -2.34. The zero-order valence-corrected chi connectivity index (χ0v) is 17.2. The number of carbonyl (C=O) groups excluding carboxylic acids is 4. The normalized spacial score (nSPS) is 23.6. The Labute approximate surface area is 182 Å². The second kappa shape index (κ2) is 7.30. The molecule has 0 radical (unpaired) electrons. The predicted octanol–water partition coefficient (Wildman–Crippen LogP) is 1.18. The summed E-state index contributed by atoms with van der Waals surface area (Å²) >= 11 is 0. The first-order chi connectivity index (χ1) is 15.5. The van der Waals surface area contributed by atoms with Gasteiger partial charge in [0, 0.05) is 24.5 Å². The highest BCUT2D eigenvalue weighted by Gasteiger charge is 2.62. The molecule has 2 aromatic rings. The van der Waals surface area contributed by atoms with Gasteiger partial charge in [-0.05, 0) is 30.7 Å². The van der Waals surface area contributed by atoms with Crippen LogP contribution in [0.15, 0.2) is 30.5 Å². The summed E-state index contributed by atoms with van der Waals surface area (Å²) in [6, 6.07) is 6.76. The maximum atomic E-state index is 13.4. The van der Waals surface area contributed by atoms with E-state index in [2.05, 4.69) is 15.8 Å². The van der Waals surface area contributed by atoms with Crippen molar-refractivity contribution in [3.05, 3.63) is 36.0 Å². The summed E-state index contributed by atoms with van der Waals surface area (Å²) in [5, 5.41) is 9.90. The van der Waals surface area contributed by atoms with E-state index in [1.54, 1.807) is 40.3 Å². The highest BCUT2D eigenvalue weighted by Crippen LogP contribution is 2.43. The fraction of sp³-hybridized carbons (Fsp3) is 0.364. The van der Waals surface area contributed by atoms with E-state index in [1.807, 2.05) is 0 Å². The number of piperazine rings is 1. The number of anilines is 1. The number of methoxy groups -OCH3 is 1. The lowest BCUT2D eigenvalue weighted by molar-refractivity contribution is -0.144. The lowest BCUT2D eigenvalue weighted by Crippen LogP contribution is -2.54. The monoisotopic (exact) mass is 433 g/mol. The van der Waals surface area contributed by atoms with Gasteiger partial charge in [0.05, 0.1) is 42.4 Å². The van der Waals surface area contributed by atoms with Crippen LogP contribution in [0.3, 0.4) is 0 Å². The molecule has 1 aromatic heterocycles. The number of amides is 4. The number of pyridine rings is 1. The third-order valence-electron chi connectivity index (χ3n) is 6.46. The number of carbonyl (C=O) groups is 4. The molecule has 3 atom stereocenters. The van der Waals surface area contributed by atoms with E-state index in [-0.39, 0.29) is 24.8 Å². The molecule has 32 heavy (non-hydrogen) atoms. The van der Waals surface area contributed by atoms with Gasteiger partial charge >= 0.3 is 12.0 Å². The number of fused-ring (bicyclic) bond motifs is 6. The Morgan fingerprint density at radius 1 is 1.25 bits per heavy atom. The van der Waals surface area contributed by atoms with Crippen molar-refractivity contribution in [2.75, 3.05) is 18.6 Å². The number of ether oxygens (including phenoxy) is 1. The predicted molar refractivity (Wildman–Crippen MR) is 110 cm³/mol. The minimum Gasteiger partial charge on any atom is -0.469 e. The van der Waals surface area contributed by atoms with Crippen molar-refractivity contribution in [3.63, 3.8) is 0 Å². The van der Waals surface area contributed by atoms with Crippen molar-refractivity contribution in [2.45, 2.75) is 37.4 Å². The van der Waals surface area contributed by atoms with Crippen LogP contribution in [-0.2, 0) is 19.1 Å². The van der Waals surface area contributed by atoms with E-state index in [9.17, 15) is 24.4 Å². The fourth-order valence-corrected chi connectivity index (χ4v) is 5.06. The number of urea groups is 1. The fourth-order valence-electron chi connectivity index (χ4n) is 5.06. The van der Waals surface area contributed by atoms with Crippen molar-refractivity contribution >= 4 is 40.4 Å². The average molecular weight is 433 g/mol. The van der Waals surface area contributed by atoms with Crippen molar-refractivity contribution in [3.8, 4) is 6.07 Å². The van der Waals surface area contributed by atoms with Crippen molar-refractivity contribution in [1.29, 1.82) is 5.26 Å². The van der Waals surface area contributed by atoms with Gasteiger partial charge in [0.25, 0.3) is 5.91 Å². The van der Waals surface area contributed by atoms with E-state index in [1.165, 1.54) is 7.11 Å². The number of imide groups is 1. The Morgan fingerprint density at radius 3 is 2.81 bits per heavy atom.